The number of ether oxygens (including phenoxy) is 1. The van der Waals surface area contributed by atoms with Crippen LogP contribution >= 0.6 is 11.3 Å². The lowest BCUT2D eigenvalue weighted by Gasteiger charge is -2.45. The molecule has 1 aliphatic heterocycles. The van der Waals surface area contributed by atoms with Gasteiger partial charge in [0.2, 0.25) is 0 Å². The first-order valence-corrected chi connectivity index (χ1v) is 8.16. The minimum atomic E-state index is 0.122. The van der Waals surface area contributed by atoms with E-state index in [9.17, 15) is 0 Å². The third-order valence-electron chi connectivity index (χ3n) is 4.68. The third kappa shape index (κ3) is 2.49. The molecule has 3 heteroatoms. The predicted octanol–water partition coefficient (Wildman–Crippen LogP) is 3.75. The van der Waals surface area contributed by atoms with E-state index in [1.807, 2.05) is 0 Å². The number of rotatable bonds is 2. The molecule has 2 aliphatic rings. The molecule has 18 heavy (non-hydrogen) atoms. The summed E-state index contributed by atoms with van der Waals surface area (Å²) in [5.74, 6) is 0.931. The smallest absolute Gasteiger partial charge is 0.0965 e. The lowest BCUT2D eigenvalue weighted by molar-refractivity contribution is -0.141. The molecule has 2 fully saturated rings. The van der Waals surface area contributed by atoms with Crippen LogP contribution in [-0.4, -0.2) is 18.7 Å². The molecule has 1 aromatic rings. The Balaban J connectivity index is 1.67. The molecule has 1 spiro atoms. The van der Waals surface area contributed by atoms with Crippen LogP contribution in [0.4, 0.5) is 0 Å². The zero-order valence-corrected chi connectivity index (χ0v) is 12.0. The number of hydrogen-bond donors (Lipinski definition) is 1. The van der Waals surface area contributed by atoms with Crippen molar-refractivity contribution in [2.75, 3.05) is 13.1 Å². The molecule has 1 saturated heterocycles. The van der Waals surface area contributed by atoms with Crippen molar-refractivity contribution in [3.8, 4) is 0 Å². The van der Waals surface area contributed by atoms with Crippen LogP contribution in [0.25, 0.3) is 0 Å². The Kier molecular flexibility index (Phi) is 3.73. The summed E-state index contributed by atoms with van der Waals surface area (Å²) in [5.41, 5.74) is 1.47. The second kappa shape index (κ2) is 5.32. The zero-order valence-electron chi connectivity index (χ0n) is 11.2. The van der Waals surface area contributed by atoms with Crippen molar-refractivity contribution >= 4 is 11.3 Å². The van der Waals surface area contributed by atoms with Crippen molar-refractivity contribution in [1.82, 2.24) is 5.32 Å². The van der Waals surface area contributed by atoms with Crippen molar-refractivity contribution in [2.24, 2.45) is 5.92 Å². The van der Waals surface area contributed by atoms with E-state index in [1.54, 1.807) is 11.3 Å². The van der Waals surface area contributed by atoms with Gasteiger partial charge < -0.3 is 10.1 Å². The maximum absolute atomic E-state index is 6.50. The molecule has 2 heterocycles. The number of morpholine rings is 1. The summed E-state index contributed by atoms with van der Waals surface area (Å²) in [6.07, 6.45) is 6.75. The predicted molar refractivity (Wildman–Crippen MR) is 76.0 cm³/mol. The van der Waals surface area contributed by atoms with E-state index in [2.05, 4.69) is 29.1 Å². The van der Waals surface area contributed by atoms with Crippen LogP contribution in [0, 0.1) is 5.92 Å². The van der Waals surface area contributed by atoms with Crippen LogP contribution in [0.15, 0.2) is 16.8 Å². The Bertz CT molecular complexity index is 368. The summed E-state index contributed by atoms with van der Waals surface area (Å²) in [7, 11) is 0. The number of hydrogen-bond acceptors (Lipinski definition) is 3. The summed E-state index contributed by atoms with van der Waals surface area (Å²) in [4.78, 5) is 0. The molecule has 1 aliphatic carbocycles. The second-order valence-corrected chi connectivity index (χ2v) is 6.61. The SMILES string of the molecule is CCC1CCC2(CC1)CNCC(c1ccsc1)O2. The van der Waals surface area contributed by atoms with E-state index >= 15 is 0 Å². The molecule has 1 unspecified atom stereocenters. The Morgan fingerprint density at radius 3 is 2.94 bits per heavy atom. The van der Waals surface area contributed by atoms with Crippen LogP contribution < -0.4 is 5.32 Å². The normalized spacial score (nSPS) is 36.9. The highest BCUT2D eigenvalue weighted by Crippen LogP contribution is 2.40. The van der Waals surface area contributed by atoms with E-state index in [0.29, 0.717) is 0 Å². The molecule has 0 aromatic carbocycles. The van der Waals surface area contributed by atoms with Gasteiger partial charge in [0.25, 0.3) is 0 Å². The van der Waals surface area contributed by atoms with Crippen molar-refractivity contribution in [3.05, 3.63) is 22.4 Å². The average molecular weight is 265 g/mol. The number of thiophene rings is 1. The van der Waals surface area contributed by atoms with Crippen LogP contribution in [-0.2, 0) is 4.74 Å². The van der Waals surface area contributed by atoms with Gasteiger partial charge in [-0.15, -0.1) is 0 Å². The molecule has 0 radical (unpaired) electrons. The molecule has 1 N–H and O–H groups in total. The van der Waals surface area contributed by atoms with Crippen molar-refractivity contribution in [2.45, 2.75) is 50.7 Å². The minimum absolute atomic E-state index is 0.122. The lowest BCUT2D eigenvalue weighted by atomic mass is 9.77. The first-order valence-electron chi connectivity index (χ1n) is 7.22. The van der Waals surface area contributed by atoms with E-state index in [4.69, 9.17) is 4.74 Å². The standard InChI is InChI=1S/C15H23NOS/c1-2-12-3-6-15(7-4-12)11-16-9-14(17-15)13-5-8-18-10-13/h5,8,10,12,14,16H,2-4,6-7,9,11H2,1H3. The van der Waals surface area contributed by atoms with Gasteiger partial charge >= 0.3 is 0 Å². The van der Waals surface area contributed by atoms with Gasteiger partial charge in [0.15, 0.2) is 0 Å². The largest absolute Gasteiger partial charge is 0.364 e. The van der Waals surface area contributed by atoms with Gasteiger partial charge in [0.1, 0.15) is 0 Å². The molecular weight excluding hydrogens is 242 g/mol. The summed E-state index contributed by atoms with van der Waals surface area (Å²) >= 11 is 1.76. The van der Waals surface area contributed by atoms with E-state index in [1.165, 1.54) is 37.7 Å². The highest BCUT2D eigenvalue weighted by Gasteiger charge is 2.40. The Hall–Kier alpha value is -0.380. The highest BCUT2D eigenvalue weighted by molar-refractivity contribution is 7.07. The molecule has 1 aromatic heterocycles. The molecule has 0 bridgehead atoms. The fraction of sp³-hybridized carbons (Fsp3) is 0.733. The van der Waals surface area contributed by atoms with Crippen molar-refractivity contribution in [1.29, 1.82) is 0 Å². The minimum Gasteiger partial charge on any atom is -0.364 e. The van der Waals surface area contributed by atoms with Gasteiger partial charge in [0.05, 0.1) is 11.7 Å². The Morgan fingerprint density at radius 2 is 2.28 bits per heavy atom. The van der Waals surface area contributed by atoms with E-state index < -0.39 is 0 Å². The molecule has 0 amide bonds. The molecule has 1 atom stereocenters. The van der Waals surface area contributed by atoms with Crippen LogP contribution in [0.1, 0.15) is 50.7 Å². The van der Waals surface area contributed by atoms with Crippen LogP contribution in [0.5, 0.6) is 0 Å². The Labute approximate surface area is 114 Å². The van der Waals surface area contributed by atoms with Gasteiger partial charge in [-0.25, -0.2) is 0 Å². The van der Waals surface area contributed by atoms with Crippen molar-refractivity contribution < 1.29 is 4.74 Å². The quantitative estimate of drug-likeness (QED) is 0.879. The van der Waals surface area contributed by atoms with Crippen LogP contribution in [0.3, 0.4) is 0 Å². The number of nitrogens with one attached hydrogen (secondary N) is 1. The molecule has 3 rings (SSSR count). The van der Waals surface area contributed by atoms with Crippen LogP contribution in [0.2, 0.25) is 0 Å². The molecule has 100 valence electrons. The highest BCUT2D eigenvalue weighted by atomic mass is 32.1. The van der Waals surface area contributed by atoms with Gasteiger partial charge in [-0.05, 0) is 54.0 Å². The average Bonchev–Trinajstić information content (AvgIpc) is 2.94. The van der Waals surface area contributed by atoms with Crippen molar-refractivity contribution in [3.63, 3.8) is 0 Å². The monoisotopic (exact) mass is 265 g/mol. The maximum Gasteiger partial charge on any atom is 0.0965 e. The summed E-state index contributed by atoms with van der Waals surface area (Å²) < 4.78 is 6.50. The third-order valence-corrected chi connectivity index (χ3v) is 5.38. The topological polar surface area (TPSA) is 21.3 Å². The first kappa shape index (κ1) is 12.6. The summed E-state index contributed by atoms with van der Waals surface area (Å²) in [6.45, 7) is 4.33. The zero-order chi connectivity index (χ0) is 12.4. The van der Waals surface area contributed by atoms with E-state index in [-0.39, 0.29) is 11.7 Å². The maximum atomic E-state index is 6.50. The van der Waals surface area contributed by atoms with Gasteiger partial charge in [-0.2, -0.15) is 11.3 Å². The fourth-order valence-corrected chi connectivity index (χ4v) is 4.07. The van der Waals surface area contributed by atoms with Gasteiger partial charge in [-0.3, -0.25) is 0 Å². The van der Waals surface area contributed by atoms with Gasteiger partial charge in [0, 0.05) is 13.1 Å². The second-order valence-electron chi connectivity index (χ2n) is 5.83. The van der Waals surface area contributed by atoms with E-state index in [0.717, 1.165) is 19.0 Å². The fourth-order valence-electron chi connectivity index (χ4n) is 3.37. The molecule has 1 saturated carbocycles. The Morgan fingerprint density at radius 1 is 1.44 bits per heavy atom. The first-order chi connectivity index (χ1) is 8.81. The molecular formula is C15H23NOS. The van der Waals surface area contributed by atoms with Gasteiger partial charge in [-0.1, -0.05) is 13.3 Å². The molecule has 2 nitrogen and oxygen atoms in total. The summed E-state index contributed by atoms with van der Waals surface area (Å²) in [5, 5.41) is 7.97. The summed E-state index contributed by atoms with van der Waals surface area (Å²) in [6, 6.07) is 2.20. The lowest BCUT2D eigenvalue weighted by Crippen LogP contribution is -2.52.